The molecule has 6 nitrogen and oxygen atoms in total. The van der Waals surface area contributed by atoms with Crippen LogP contribution in [0.2, 0.25) is 0 Å². The second-order valence-corrected chi connectivity index (χ2v) is 5.46. The largest absolute Gasteiger partial charge is 0.493 e. The highest BCUT2D eigenvalue weighted by molar-refractivity contribution is 6.00. The Morgan fingerprint density at radius 3 is 2.58 bits per heavy atom. The molecule has 0 aliphatic rings. The van der Waals surface area contributed by atoms with Crippen LogP contribution >= 0.6 is 0 Å². The SMILES string of the molecule is COc1cc(C=C(C#N)C(N)=O)ccc1OCCOc1cccc(C)c1. The molecular weight excluding hydrogens is 332 g/mol. The molecule has 0 heterocycles. The highest BCUT2D eigenvalue weighted by atomic mass is 16.5. The summed E-state index contributed by atoms with van der Waals surface area (Å²) in [5.74, 6) is 1.03. The van der Waals surface area contributed by atoms with Crippen molar-refractivity contribution in [2.45, 2.75) is 6.92 Å². The lowest BCUT2D eigenvalue weighted by atomic mass is 10.1. The molecule has 2 rings (SSSR count). The van der Waals surface area contributed by atoms with Gasteiger partial charge in [-0.3, -0.25) is 4.79 Å². The number of aryl methyl sites for hydroxylation is 1. The lowest BCUT2D eigenvalue weighted by Gasteiger charge is -2.12. The zero-order chi connectivity index (χ0) is 18.9. The van der Waals surface area contributed by atoms with Crippen molar-refractivity contribution in [3.05, 3.63) is 59.2 Å². The van der Waals surface area contributed by atoms with Crippen molar-refractivity contribution in [1.82, 2.24) is 0 Å². The Kier molecular flexibility index (Phi) is 6.63. The van der Waals surface area contributed by atoms with Gasteiger partial charge >= 0.3 is 0 Å². The summed E-state index contributed by atoms with van der Waals surface area (Å²) in [6.45, 7) is 2.72. The first-order chi connectivity index (χ1) is 12.5. The van der Waals surface area contributed by atoms with E-state index in [1.807, 2.05) is 31.2 Å². The Bertz CT molecular complexity index is 853. The fourth-order valence-electron chi connectivity index (χ4n) is 2.23. The molecule has 1 amide bonds. The standard InChI is InChI=1S/C20H20N2O4/c1-14-4-3-5-17(10-14)25-8-9-26-18-7-6-15(12-19(18)24-2)11-16(13-21)20(22)23/h3-7,10-12H,8-9H2,1-2H3,(H2,22,23). The number of carbonyl (C=O) groups excluding carboxylic acids is 1. The maximum Gasteiger partial charge on any atom is 0.259 e. The van der Waals surface area contributed by atoms with Crippen molar-refractivity contribution in [2.75, 3.05) is 20.3 Å². The third-order valence-corrected chi connectivity index (χ3v) is 3.48. The average molecular weight is 352 g/mol. The van der Waals surface area contributed by atoms with Crippen LogP contribution in [0.3, 0.4) is 0 Å². The fraction of sp³-hybridized carbons (Fsp3) is 0.200. The average Bonchev–Trinajstić information content (AvgIpc) is 2.63. The minimum Gasteiger partial charge on any atom is -0.493 e. The molecule has 0 aromatic heterocycles. The van der Waals surface area contributed by atoms with E-state index < -0.39 is 5.91 Å². The second kappa shape index (κ2) is 9.14. The minimum absolute atomic E-state index is 0.132. The van der Waals surface area contributed by atoms with Crippen LogP contribution in [0.1, 0.15) is 11.1 Å². The van der Waals surface area contributed by atoms with Gasteiger partial charge in [-0.05, 0) is 48.4 Å². The van der Waals surface area contributed by atoms with Gasteiger partial charge < -0.3 is 19.9 Å². The molecule has 134 valence electrons. The van der Waals surface area contributed by atoms with Crippen molar-refractivity contribution in [3.8, 4) is 23.3 Å². The molecule has 0 radical (unpaired) electrons. The van der Waals surface area contributed by atoms with Crippen LogP contribution in [0.5, 0.6) is 17.2 Å². The Labute approximate surface area is 152 Å². The number of hydrogen-bond acceptors (Lipinski definition) is 5. The summed E-state index contributed by atoms with van der Waals surface area (Å²) in [5.41, 5.74) is 6.74. The van der Waals surface area contributed by atoms with E-state index in [1.54, 1.807) is 24.3 Å². The normalized spacial score (nSPS) is 10.7. The third kappa shape index (κ3) is 5.28. The monoisotopic (exact) mass is 352 g/mol. The van der Waals surface area contributed by atoms with Gasteiger partial charge in [0, 0.05) is 0 Å². The smallest absolute Gasteiger partial charge is 0.259 e. The van der Waals surface area contributed by atoms with Crippen molar-refractivity contribution >= 4 is 12.0 Å². The zero-order valence-electron chi connectivity index (χ0n) is 14.7. The zero-order valence-corrected chi connectivity index (χ0v) is 14.7. The molecule has 0 bridgehead atoms. The van der Waals surface area contributed by atoms with E-state index in [-0.39, 0.29) is 5.57 Å². The molecule has 0 aliphatic heterocycles. The van der Waals surface area contributed by atoms with E-state index in [2.05, 4.69) is 0 Å². The van der Waals surface area contributed by atoms with E-state index in [0.717, 1.165) is 11.3 Å². The third-order valence-electron chi connectivity index (χ3n) is 3.48. The highest BCUT2D eigenvalue weighted by Gasteiger charge is 2.08. The number of nitrogens with two attached hydrogens (primary N) is 1. The molecule has 0 fully saturated rings. The van der Waals surface area contributed by atoms with Gasteiger partial charge in [-0.15, -0.1) is 0 Å². The van der Waals surface area contributed by atoms with E-state index in [1.165, 1.54) is 13.2 Å². The number of amides is 1. The number of methoxy groups -OCH3 is 1. The second-order valence-electron chi connectivity index (χ2n) is 5.46. The van der Waals surface area contributed by atoms with Gasteiger partial charge in [-0.1, -0.05) is 18.2 Å². The summed E-state index contributed by atoms with van der Waals surface area (Å²) in [6.07, 6.45) is 1.40. The number of rotatable bonds is 8. The summed E-state index contributed by atoms with van der Waals surface area (Å²) in [6, 6.07) is 14.6. The van der Waals surface area contributed by atoms with Crippen molar-refractivity contribution in [2.24, 2.45) is 5.73 Å². The predicted octanol–water partition coefficient (Wildman–Crippen LogP) is 2.85. The number of benzene rings is 2. The molecule has 0 unspecified atom stereocenters. The summed E-state index contributed by atoms with van der Waals surface area (Å²) in [7, 11) is 1.51. The predicted molar refractivity (Wildman–Crippen MR) is 97.9 cm³/mol. The van der Waals surface area contributed by atoms with Gasteiger partial charge in [0.05, 0.1) is 7.11 Å². The molecule has 26 heavy (non-hydrogen) atoms. The maximum atomic E-state index is 11.1. The number of nitrogens with zero attached hydrogens (tertiary/aromatic N) is 1. The molecule has 0 spiro atoms. The van der Waals surface area contributed by atoms with Crippen LogP contribution in [0.25, 0.3) is 6.08 Å². The molecule has 0 saturated heterocycles. The topological polar surface area (TPSA) is 94.6 Å². The molecule has 0 atom stereocenters. The summed E-state index contributed by atoms with van der Waals surface area (Å²) in [4.78, 5) is 11.1. The fourth-order valence-corrected chi connectivity index (χ4v) is 2.23. The van der Waals surface area contributed by atoms with Crippen LogP contribution in [-0.2, 0) is 4.79 Å². The van der Waals surface area contributed by atoms with E-state index >= 15 is 0 Å². The van der Waals surface area contributed by atoms with Crippen LogP contribution in [0.15, 0.2) is 48.0 Å². The highest BCUT2D eigenvalue weighted by Crippen LogP contribution is 2.29. The number of primary amides is 1. The van der Waals surface area contributed by atoms with Crippen LogP contribution < -0.4 is 19.9 Å². The van der Waals surface area contributed by atoms with Gasteiger partial charge in [0.25, 0.3) is 5.91 Å². The first-order valence-electron chi connectivity index (χ1n) is 7.95. The molecule has 2 aromatic rings. The summed E-state index contributed by atoms with van der Waals surface area (Å²) >= 11 is 0. The van der Waals surface area contributed by atoms with Crippen LogP contribution in [0.4, 0.5) is 0 Å². The van der Waals surface area contributed by atoms with Gasteiger partial charge in [0.2, 0.25) is 0 Å². The molecule has 6 heteroatoms. The Morgan fingerprint density at radius 1 is 1.15 bits per heavy atom. The van der Waals surface area contributed by atoms with E-state index in [4.69, 9.17) is 25.2 Å². The van der Waals surface area contributed by atoms with Crippen molar-refractivity contribution in [3.63, 3.8) is 0 Å². The number of ether oxygens (including phenoxy) is 3. The molecule has 2 aromatic carbocycles. The maximum absolute atomic E-state index is 11.1. The van der Waals surface area contributed by atoms with Crippen molar-refractivity contribution in [1.29, 1.82) is 5.26 Å². The van der Waals surface area contributed by atoms with Crippen LogP contribution in [-0.4, -0.2) is 26.2 Å². The molecule has 2 N–H and O–H groups in total. The van der Waals surface area contributed by atoms with E-state index in [0.29, 0.717) is 30.3 Å². The first kappa shape index (κ1) is 18.9. The van der Waals surface area contributed by atoms with E-state index in [9.17, 15) is 4.79 Å². The Hall–Kier alpha value is -3.46. The summed E-state index contributed by atoms with van der Waals surface area (Å²) < 4.78 is 16.6. The lowest BCUT2D eigenvalue weighted by molar-refractivity contribution is -0.114. The summed E-state index contributed by atoms with van der Waals surface area (Å²) in [5, 5.41) is 8.90. The van der Waals surface area contributed by atoms with Gasteiger partial charge in [0.1, 0.15) is 30.6 Å². The van der Waals surface area contributed by atoms with Crippen molar-refractivity contribution < 1.29 is 19.0 Å². The Balaban J connectivity index is 1.99. The van der Waals surface area contributed by atoms with Crippen LogP contribution in [0, 0.1) is 18.3 Å². The van der Waals surface area contributed by atoms with Gasteiger partial charge in [0.15, 0.2) is 11.5 Å². The number of hydrogen-bond donors (Lipinski definition) is 1. The van der Waals surface area contributed by atoms with Gasteiger partial charge in [-0.25, -0.2) is 0 Å². The molecular formula is C20H20N2O4. The minimum atomic E-state index is -0.778. The Morgan fingerprint density at radius 2 is 1.92 bits per heavy atom. The molecule has 0 saturated carbocycles. The number of nitriles is 1. The van der Waals surface area contributed by atoms with Gasteiger partial charge in [-0.2, -0.15) is 5.26 Å². The number of carbonyl (C=O) groups is 1. The first-order valence-corrected chi connectivity index (χ1v) is 7.95. The quantitative estimate of drug-likeness (QED) is 0.448. The lowest BCUT2D eigenvalue weighted by Crippen LogP contribution is -2.12. The molecule has 0 aliphatic carbocycles.